The molecule has 2 aromatic heterocycles. The Balaban J connectivity index is 1.38. The molecule has 1 aliphatic heterocycles. The van der Waals surface area contributed by atoms with Crippen molar-refractivity contribution in [2.75, 3.05) is 18.7 Å². The highest BCUT2D eigenvalue weighted by molar-refractivity contribution is 6.01. The third-order valence-electron chi connectivity index (χ3n) is 5.28. The van der Waals surface area contributed by atoms with E-state index in [0.717, 1.165) is 5.56 Å². The molecule has 0 spiro atoms. The van der Waals surface area contributed by atoms with Crippen molar-refractivity contribution in [2.45, 2.75) is 13.5 Å². The van der Waals surface area contributed by atoms with Crippen LogP contribution in [0.2, 0.25) is 0 Å². The van der Waals surface area contributed by atoms with Gasteiger partial charge in [-0.3, -0.25) is 9.59 Å². The van der Waals surface area contributed by atoms with E-state index in [4.69, 9.17) is 14.2 Å². The van der Waals surface area contributed by atoms with Gasteiger partial charge in [0.15, 0.2) is 11.5 Å². The first-order valence-corrected chi connectivity index (χ1v) is 10.6. The molecule has 0 saturated heterocycles. The summed E-state index contributed by atoms with van der Waals surface area (Å²) in [5.74, 6) is 0.281. The molecule has 1 N–H and O–H groups in total. The Bertz CT molecular complexity index is 1470. The first-order valence-electron chi connectivity index (χ1n) is 10.6. The summed E-state index contributed by atoms with van der Waals surface area (Å²) in [4.78, 5) is 37.8. The predicted octanol–water partition coefficient (Wildman–Crippen LogP) is 2.71. The van der Waals surface area contributed by atoms with Gasteiger partial charge in [0.25, 0.3) is 5.56 Å². The summed E-state index contributed by atoms with van der Waals surface area (Å²) < 4.78 is 18.5. The summed E-state index contributed by atoms with van der Waals surface area (Å²) in [5, 5.41) is 7.14. The lowest BCUT2D eigenvalue weighted by molar-refractivity contribution is -0.116. The van der Waals surface area contributed by atoms with Crippen LogP contribution in [0, 0.1) is 0 Å². The molecule has 10 nitrogen and oxygen atoms in total. The highest BCUT2D eigenvalue weighted by Crippen LogP contribution is 2.35. The van der Waals surface area contributed by atoms with Crippen molar-refractivity contribution in [1.29, 1.82) is 0 Å². The number of anilines is 1. The summed E-state index contributed by atoms with van der Waals surface area (Å²) >= 11 is 0. The zero-order valence-electron chi connectivity index (χ0n) is 18.2. The molecule has 4 aromatic rings. The molecule has 172 valence electrons. The average molecular weight is 460 g/mol. The summed E-state index contributed by atoms with van der Waals surface area (Å²) in [7, 11) is 0. The van der Waals surface area contributed by atoms with Gasteiger partial charge in [0, 0.05) is 18.0 Å². The van der Waals surface area contributed by atoms with Gasteiger partial charge < -0.3 is 24.1 Å². The summed E-state index contributed by atoms with van der Waals surface area (Å²) in [6.07, 6.45) is 3.09. The van der Waals surface area contributed by atoms with E-state index in [-0.39, 0.29) is 31.1 Å². The fourth-order valence-electron chi connectivity index (χ4n) is 3.67. The zero-order valence-corrected chi connectivity index (χ0v) is 18.2. The number of benzene rings is 2. The first-order chi connectivity index (χ1) is 16.5. The van der Waals surface area contributed by atoms with Crippen LogP contribution in [0.25, 0.3) is 16.8 Å². The van der Waals surface area contributed by atoms with Gasteiger partial charge in [0.05, 0.1) is 23.6 Å². The molecule has 0 unspecified atom stereocenters. The van der Waals surface area contributed by atoms with Crippen molar-refractivity contribution < 1.29 is 23.8 Å². The molecule has 0 radical (unpaired) electrons. The Morgan fingerprint density at radius 1 is 1.09 bits per heavy atom. The number of hydrogen-bond acceptors (Lipinski definition) is 7. The standard InChI is InChI=1S/C24H20N4O6/c1-2-32-24(31)16-5-3-4-6-17(16)25-22(29)13-27-9-10-28-19(23(27)30)12-18(26-28)15-7-8-20-21(11-15)34-14-33-20/h3-12H,2,13-14H2,1H3,(H,25,29). The highest BCUT2D eigenvalue weighted by Gasteiger charge is 2.17. The van der Waals surface area contributed by atoms with Gasteiger partial charge in [-0.15, -0.1) is 0 Å². The first kappa shape index (κ1) is 21.3. The molecule has 0 aliphatic carbocycles. The number of nitrogens with one attached hydrogen (secondary N) is 1. The number of aromatic nitrogens is 3. The van der Waals surface area contributed by atoms with Crippen LogP contribution in [0.5, 0.6) is 11.5 Å². The van der Waals surface area contributed by atoms with Crippen molar-refractivity contribution in [3.8, 4) is 22.8 Å². The van der Waals surface area contributed by atoms with Crippen molar-refractivity contribution in [1.82, 2.24) is 14.2 Å². The van der Waals surface area contributed by atoms with E-state index in [1.165, 1.54) is 15.3 Å². The van der Waals surface area contributed by atoms with Crippen LogP contribution in [0.3, 0.4) is 0 Å². The zero-order chi connectivity index (χ0) is 23.7. The monoisotopic (exact) mass is 460 g/mol. The van der Waals surface area contributed by atoms with Gasteiger partial charge in [-0.2, -0.15) is 5.10 Å². The highest BCUT2D eigenvalue weighted by atomic mass is 16.7. The van der Waals surface area contributed by atoms with Crippen LogP contribution in [0.4, 0.5) is 5.69 Å². The summed E-state index contributed by atoms with van der Waals surface area (Å²) in [6, 6.07) is 13.6. The fraction of sp³-hybridized carbons (Fsp3) is 0.167. The van der Waals surface area contributed by atoms with Crippen LogP contribution < -0.4 is 20.3 Å². The molecule has 1 aliphatic rings. The minimum absolute atomic E-state index is 0.168. The normalized spacial score (nSPS) is 12.0. The van der Waals surface area contributed by atoms with Crippen LogP contribution in [0.15, 0.2) is 65.7 Å². The van der Waals surface area contributed by atoms with E-state index < -0.39 is 11.9 Å². The van der Waals surface area contributed by atoms with Crippen molar-refractivity contribution >= 4 is 23.1 Å². The number of para-hydroxylation sites is 1. The van der Waals surface area contributed by atoms with E-state index in [1.54, 1.807) is 55.6 Å². The summed E-state index contributed by atoms with van der Waals surface area (Å²) in [6.45, 7) is 1.85. The van der Waals surface area contributed by atoms with Gasteiger partial charge in [-0.1, -0.05) is 12.1 Å². The second kappa shape index (κ2) is 8.74. The largest absolute Gasteiger partial charge is 0.462 e. The molecule has 2 aromatic carbocycles. The van der Waals surface area contributed by atoms with Gasteiger partial charge in [0.2, 0.25) is 12.7 Å². The second-order valence-corrected chi connectivity index (χ2v) is 7.47. The Labute approximate surface area is 193 Å². The van der Waals surface area contributed by atoms with Crippen molar-refractivity contribution in [2.24, 2.45) is 0 Å². The lowest BCUT2D eigenvalue weighted by Crippen LogP contribution is -2.28. The number of rotatable bonds is 6. The average Bonchev–Trinajstić information content (AvgIpc) is 3.48. The molecule has 10 heteroatoms. The lowest BCUT2D eigenvalue weighted by Gasteiger charge is -2.11. The van der Waals surface area contributed by atoms with E-state index in [0.29, 0.717) is 28.4 Å². The van der Waals surface area contributed by atoms with Crippen LogP contribution in [-0.2, 0) is 16.1 Å². The van der Waals surface area contributed by atoms with Gasteiger partial charge in [0.1, 0.15) is 12.1 Å². The predicted molar refractivity (Wildman–Crippen MR) is 122 cm³/mol. The smallest absolute Gasteiger partial charge is 0.340 e. The maximum atomic E-state index is 13.0. The molecular weight excluding hydrogens is 440 g/mol. The molecular formula is C24H20N4O6. The Morgan fingerprint density at radius 2 is 1.91 bits per heavy atom. The molecule has 5 rings (SSSR count). The Hall–Kier alpha value is -4.60. The number of nitrogens with zero attached hydrogens (tertiary/aromatic N) is 3. The molecule has 1 amide bonds. The van der Waals surface area contributed by atoms with Crippen LogP contribution >= 0.6 is 0 Å². The maximum absolute atomic E-state index is 13.0. The van der Waals surface area contributed by atoms with Crippen molar-refractivity contribution in [3.05, 3.63) is 76.8 Å². The third-order valence-corrected chi connectivity index (χ3v) is 5.28. The van der Waals surface area contributed by atoms with Crippen molar-refractivity contribution in [3.63, 3.8) is 0 Å². The quantitative estimate of drug-likeness (QED) is 0.440. The van der Waals surface area contributed by atoms with E-state index in [9.17, 15) is 14.4 Å². The van der Waals surface area contributed by atoms with Crippen LogP contribution in [-0.4, -0.2) is 39.5 Å². The van der Waals surface area contributed by atoms with E-state index >= 15 is 0 Å². The second-order valence-electron chi connectivity index (χ2n) is 7.47. The van der Waals surface area contributed by atoms with Gasteiger partial charge in [-0.05, 0) is 43.3 Å². The lowest BCUT2D eigenvalue weighted by atomic mass is 10.1. The van der Waals surface area contributed by atoms with Crippen LogP contribution in [0.1, 0.15) is 17.3 Å². The number of carbonyl (C=O) groups is 2. The molecule has 0 bridgehead atoms. The molecule has 34 heavy (non-hydrogen) atoms. The number of carbonyl (C=O) groups excluding carboxylic acids is 2. The fourth-order valence-corrected chi connectivity index (χ4v) is 3.67. The third kappa shape index (κ3) is 3.96. The molecule has 0 fully saturated rings. The topological polar surface area (TPSA) is 113 Å². The number of hydrogen-bond donors (Lipinski definition) is 1. The maximum Gasteiger partial charge on any atom is 0.340 e. The molecule has 0 atom stereocenters. The van der Waals surface area contributed by atoms with Gasteiger partial charge in [-0.25, -0.2) is 9.31 Å². The Morgan fingerprint density at radius 3 is 2.76 bits per heavy atom. The Kier molecular flexibility index (Phi) is 5.46. The van der Waals surface area contributed by atoms with E-state index in [1.807, 2.05) is 6.07 Å². The number of fused-ring (bicyclic) bond motifs is 2. The number of amides is 1. The summed E-state index contributed by atoms with van der Waals surface area (Å²) in [5.41, 5.74) is 1.85. The SMILES string of the molecule is CCOC(=O)c1ccccc1NC(=O)Cn1ccn2nc(-c3ccc4c(c3)OCO4)cc2c1=O. The minimum atomic E-state index is -0.535. The van der Waals surface area contributed by atoms with E-state index in [2.05, 4.69) is 10.4 Å². The molecule has 0 saturated carbocycles. The molecule has 3 heterocycles. The van der Waals surface area contributed by atoms with Gasteiger partial charge >= 0.3 is 5.97 Å². The minimum Gasteiger partial charge on any atom is -0.462 e. The number of ether oxygens (including phenoxy) is 3. The number of esters is 1.